The molecule has 0 aliphatic heterocycles. The monoisotopic (exact) mass is 285 g/mol. The molecule has 0 unspecified atom stereocenters. The van der Waals surface area contributed by atoms with E-state index in [0.29, 0.717) is 10.3 Å². The highest BCUT2D eigenvalue weighted by molar-refractivity contribution is 7.26. The molecule has 0 amide bonds. The average Bonchev–Trinajstić information content (AvgIpc) is 3.15. The molecule has 0 bridgehead atoms. The first-order valence-corrected chi connectivity index (χ1v) is 6.72. The summed E-state index contributed by atoms with van der Waals surface area (Å²) in [4.78, 5) is 0. The summed E-state index contributed by atoms with van der Waals surface area (Å²) in [6.07, 6.45) is 0. The summed E-state index contributed by atoms with van der Waals surface area (Å²) in [5, 5.41) is 0.315. The zero-order valence-corrected chi connectivity index (χ0v) is 11.2. The smallest absolute Gasteiger partial charge is 0.0638 e. The fourth-order valence-electron chi connectivity index (χ4n) is 2.10. The van der Waals surface area contributed by atoms with Crippen molar-refractivity contribution < 1.29 is 15.1 Å². The number of hydrogen-bond donors (Lipinski definition) is 0. The van der Waals surface area contributed by atoms with E-state index < -0.39 is 42.3 Å². The van der Waals surface area contributed by atoms with Crippen LogP contribution in [-0.4, -0.2) is 0 Å². The standard InChI is InChI=1S/C19H14S/c1-13-11-15(14-7-3-2-4-8-14)12-17-16-9-5-6-10-18(16)20-19(13)17/h2-12H,1H3/i2D,3D,4D,5D,6D,7D,8D,9D,10D,11D,12D. The SMILES string of the molecule is [2H]c1c([2H])c([2H])c(-c2c([2H])c(C)c3sc4c([2H])c([2H])c([2H])c([2H])c4c3c2[2H])c([2H])c1[2H]. The summed E-state index contributed by atoms with van der Waals surface area (Å²) in [6.45, 7) is 1.59. The Hall–Kier alpha value is -2.12. The highest BCUT2D eigenvalue weighted by Gasteiger charge is 2.09. The predicted molar refractivity (Wildman–Crippen MR) is 89.5 cm³/mol. The summed E-state index contributed by atoms with van der Waals surface area (Å²) in [7, 11) is 0. The molecule has 0 aliphatic carbocycles. The minimum absolute atomic E-state index is 0.132. The molecule has 0 fully saturated rings. The van der Waals surface area contributed by atoms with Crippen molar-refractivity contribution >= 4 is 31.5 Å². The molecule has 4 rings (SSSR count). The van der Waals surface area contributed by atoms with Gasteiger partial charge in [-0.15, -0.1) is 11.3 Å². The van der Waals surface area contributed by atoms with Crippen LogP contribution in [0.15, 0.2) is 66.5 Å². The lowest BCUT2D eigenvalue weighted by atomic mass is 10.0. The van der Waals surface area contributed by atoms with Crippen molar-refractivity contribution in [3.8, 4) is 11.1 Å². The van der Waals surface area contributed by atoms with Gasteiger partial charge in [0.2, 0.25) is 0 Å². The first-order valence-electron chi connectivity index (χ1n) is 11.4. The van der Waals surface area contributed by atoms with Gasteiger partial charge < -0.3 is 0 Å². The Morgan fingerprint density at radius 1 is 0.800 bits per heavy atom. The summed E-state index contributed by atoms with van der Waals surface area (Å²) in [5.74, 6) is 0. The second-order valence-electron chi connectivity index (χ2n) is 4.26. The summed E-state index contributed by atoms with van der Waals surface area (Å²) >= 11 is 1.05. The molecule has 0 nitrogen and oxygen atoms in total. The molecule has 0 N–H and O–H groups in total. The van der Waals surface area contributed by atoms with Crippen LogP contribution in [0.25, 0.3) is 31.3 Å². The molecule has 96 valence electrons. The van der Waals surface area contributed by atoms with E-state index in [2.05, 4.69) is 0 Å². The van der Waals surface area contributed by atoms with Crippen LogP contribution in [0.5, 0.6) is 0 Å². The summed E-state index contributed by atoms with van der Waals surface area (Å²) in [6, 6.07) is -4.70. The minimum Gasteiger partial charge on any atom is -0.135 e. The second-order valence-corrected chi connectivity index (χ2v) is 5.28. The Labute approximate surface area is 137 Å². The quantitative estimate of drug-likeness (QED) is 0.400. The maximum absolute atomic E-state index is 8.79. The van der Waals surface area contributed by atoms with Crippen LogP contribution in [0.3, 0.4) is 0 Å². The number of aryl methyl sites for hydroxylation is 1. The van der Waals surface area contributed by atoms with Crippen LogP contribution in [0, 0.1) is 6.92 Å². The van der Waals surface area contributed by atoms with Gasteiger partial charge in [0.05, 0.1) is 15.1 Å². The zero-order valence-electron chi connectivity index (χ0n) is 21.4. The van der Waals surface area contributed by atoms with E-state index in [1.807, 2.05) is 0 Å². The van der Waals surface area contributed by atoms with Gasteiger partial charge in [-0.2, -0.15) is 0 Å². The Morgan fingerprint density at radius 3 is 2.40 bits per heavy atom. The van der Waals surface area contributed by atoms with Gasteiger partial charge >= 0.3 is 0 Å². The zero-order chi connectivity index (χ0) is 23.1. The number of benzene rings is 3. The molecule has 0 radical (unpaired) electrons. The normalized spacial score (nSPS) is 18.9. The maximum Gasteiger partial charge on any atom is 0.0638 e. The van der Waals surface area contributed by atoms with Gasteiger partial charge in [0, 0.05) is 20.2 Å². The number of hydrogen-bond acceptors (Lipinski definition) is 1. The Kier molecular flexibility index (Phi) is 1.12. The van der Waals surface area contributed by atoms with Crippen molar-refractivity contribution in [2.75, 3.05) is 0 Å². The number of thiophene rings is 1. The Morgan fingerprint density at radius 2 is 1.55 bits per heavy atom. The molecule has 0 spiro atoms. The first kappa shape index (κ1) is 5.01. The summed E-state index contributed by atoms with van der Waals surface area (Å²) < 4.78 is 90.6. The van der Waals surface area contributed by atoms with E-state index in [1.54, 1.807) is 6.92 Å². The average molecular weight is 285 g/mol. The number of fused-ring (bicyclic) bond motifs is 3. The van der Waals surface area contributed by atoms with Gasteiger partial charge in [0.25, 0.3) is 0 Å². The third kappa shape index (κ3) is 1.75. The van der Waals surface area contributed by atoms with E-state index >= 15 is 0 Å². The fraction of sp³-hybridized carbons (Fsp3) is 0.0526. The Bertz CT molecular complexity index is 1420. The largest absolute Gasteiger partial charge is 0.135 e. The van der Waals surface area contributed by atoms with Crippen LogP contribution < -0.4 is 0 Å². The molecule has 0 atom stereocenters. The van der Waals surface area contributed by atoms with Gasteiger partial charge in [0.1, 0.15) is 0 Å². The predicted octanol–water partition coefficient (Wildman–Crippen LogP) is 6.03. The minimum atomic E-state index is -0.579. The van der Waals surface area contributed by atoms with Crippen molar-refractivity contribution in [3.63, 3.8) is 0 Å². The van der Waals surface area contributed by atoms with Gasteiger partial charge in [-0.05, 0) is 41.7 Å². The first-order chi connectivity index (χ1) is 14.4. The Balaban J connectivity index is 2.30. The third-order valence-corrected chi connectivity index (χ3v) is 4.21. The summed E-state index contributed by atoms with van der Waals surface area (Å²) in [5.41, 5.74) is -0.0637. The van der Waals surface area contributed by atoms with Gasteiger partial charge in [0.15, 0.2) is 0 Å². The van der Waals surface area contributed by atoms with E-state index in [-0.39, 0.29) is 50.8 Å². The maximum atomic E-state index is 8.79. The van der Waals surface area contributed by atoms with Gasteiger partial charge in [-0.25, -0.2) is 0 Å². The van der Waals surface area contributed by atoms with E-state index in [0.717, 1.165) is 11.3 Å². The molecule has 20 heavy (non-hydrogen) atoms. The second kappa shape index (κ2) is 4.46. The van der Waals surface area contributed by atoms with Crippen molar-refractivity contribution in [2.24, 2.45) is 0 Å². The van der Waals surface area contributed by atoms with Crippen LogP contribution in [-0.2, 0) is 0 Å². The van der Waals surface area contributed by atoms with Crippen molar-refractivity contribution in [1.29, 1.82) is 0 Å². The van der Waals surface area contributed by atoms with Gasteiger partial charge in [-0.3, -0.25) is 0 Å². The molecule has 1 heteroatoms. The lowest BCUT2D eigenvalue weighted by Gasteiger charge is -2.04. The molecular formula is C19H14S. The number of rotatable bonds is 1. The topological polar surface area (TPSA) is 0 Å². The molecule has 0 saturated heterocycles. The van der Waals surface area contributed by atoms with E-state index in [1.165, 1.54) is 0 Å². The van der Waals surface area contributed by atoms with Crippen LogP contribution in [0.1, 0.15) is 20.6 Å². The lowest BCUT2D eigenvalue weighted by Crippen LogP contribution is -1.80. The molecule has 1 aromatic heterocycles. The molecule has 4 aromatic rings. The van der Waals surface area contributed by atoms with E-state index in [9.17, 15) is 0 Å². The molecule has 1 heterocycles. The van der Waals surface area contributed by atoms with Crippen molar-refractivity contribution in [2.45, 2.75) is 6.92 Å². The van der Waals surface area contributed by atoms with Crippen LogP contribution in [0.4, 0.5) is 0 Å². The van der Waals surface area contributed by atoms with Crippen molar-refractivity contribution in [1.82, 2.24) is 0 Å². The molecule has 0 saturated carbocycles. The van der Waals surface area contributed by atoms with Crippen molar-refractivity contribution in [3.05, 3.63) is 72.0 Å². The lowest BCUT2D eigenvalue weighted by molar-refractivity contribution is 1.54. The highest BCUT2D eigenvalue weighted by Crippen LogP contribution is 2.38. The molecular weight excluding hydrogens is 260 g/mol. The van der Waals surface area contributed by atoms with Crippen LogP contribution in [0.2, 0.25) is 0 Å². The van der Waals surface area contributed by atoms with E-state index in [4.69, 9.17) is 15.1 Å². The van der Waals surface area contributed by atoms with Crippen LogP contribution >= 0.6 is 11.3 Å². The van der Waals surface area contributed by atoms with Gasteiger partial charge in [-0.1, -0.05) is 48.3 Å². The molecule has 3 aromatic carbocycles. The highest BCUT2D eigenvalue weighted by atomic mass is 32.1. The third-order valence-electron chi connectivity index (χ3n) is 2.99. The fourth-order valence-corrected chi connectivity index (χ4v) is 3.12. The molecule has 0 aliphatic rings.